The van der Waals surface area contributed by atoms with Crippen LogP contribution in [-0.2, 0) is 7.05 Å². The highest BCUT2D eigenvalue weighted by Crippen LogP contribution is 1.97. The summed E-state index contributed by atoms with van der Waals surface area (Å²) < 4.78 is 1.68. The summed E-state index contributed by atoms with van der Waals surface area (Å²) in [6.45, 7) is 0. The fourth-order valence-corrected chi connectivity index (χ4v) is 0.626. The van der Waals surface area contributed by atoms with Crippen molar-refractivity contribution in [1.82, 2.24) is 4.98 Å². The summed E-state index contributed by atoms with van der Waals surface area (Å²) in [6.07, 6.45) is 1.75. The second kappa shape index (κ2) is 3.92. The fraction of sp³-hybridized carbons (Fsp3) is 0.200. The Kier molecular flexibility index (Phi) is 3.88. The Balaban J connectivity index is 0.000000810. The molecule has 0 aliphatic heterocycles. The van der Waals surface area contributed by atoms with Gasteiger partial charge in [0.2, 0.25) is 5.82 Å². The van der Waals surface area contributed by atoms with E-state index < -0.39 is 0 Å². The molecule has 1 aromatic rings. The van der Waals surface area contributed by atoms with Gasteiger partial charge in [0.25, 0.3) is 0 Å². The lowest BCUT2D eigenvalue weighted by molar-refractivity contribution is -0.672. The van der Waals surface area contributed by atoms with Gasteiger partial charge in [-0.1, -0.05) is 0 Å². The number of halogens is 2. The molecule has 0 spiro atoms. The summed E-state index contributed by atoms with van der Waals surface area (Å²) in [4.78, 5) is 3.78. The molecule has 0 radical (unpaired) electrons. The fourth-order valence-electron chi connectivity index (χ4n) is 0.472. The van der Waals surface area contributed by atoms with Crippen molar-refractivity contribution in [2.75, 3.05) is 5.73 Å². The van der Waals surface area contributed by atoms with E-state index in [1.807, 2.05) is 0 Å². The van der Waals surface area contributed by atoms with Gasteiger partial charge in [-0.05, 0) is 4.98 Å². The summed E-state index contributed by atoms with van der Waals surface area (Å²) >= 11 is 5.59. The third kappa shape index (κ3) is 2.26. The minimum atomic E-state index is 0. The van der Waals surface area contributed by atoms with E-state index in [1.54, 1.807) is 23.9 Å². The van der Waals surface area contributed by atoms with Gasteiger partial charge in [0.05, 0.1) is 13.2 Å². The summed E-state index contributed by atoms with van der Waals surface area (Å²) in [5.74, 6) is 0.443. The number of aryl methyl sites for hydroxylation is 1. The van der Waals surface area contributed by atoms with Crippen molar-refractivity contribution in [1.29, 1.82) is 0 Å². The lowest BCUT2D eigenvalue weighted by Crippen LogP contribution is -3.00. The third-order valence-corrected chi connectivity index (χ3v) is 1.33. The standard InChI is InChI=1S/C5H6ClN3.HI/c1-9-3-2-4(7)8-5(9)6;/h2-3,7H,1H3;1H. The predicted octanol–water partition coefficient (Wildman–Crippen LogP) is -2.85. The molecule has 5 heteroatoms. The Morgan fingerprint density at radius 2 is 2.30 bits per heavy atom. The highest BCUT2D eigenvalue weighted by atomic mass is 127. The van der Waals surface area contributed by atoms with Crippen molar-refractivity contribution in [2.45, 2.75) is 0 Å². The van der Waals surface area contributed by atoms with Gasteiger partial charge >= 0.3 is 5.28 Å². The number of nitrogens with two attached hydrogens (primary N) is 1. The van der Waals surface area contributed by atoms with Gasteiger partial charge in [-0.3, -0.25) is 0 Å². The first-order chi connectivity index (χ1) is 4.20. The zero-order valence-corrected chi connectivity index (χ0v) is 8.30. The highest BCUT2D eigenvalue weighted by molar-refractivity contribution is 6.27. The Hall–Kier alpha value is -0.100. The van der Waals surface area contributed by atoms with Crippen LogP contribution in [-0.4, -0.2) is 4.98 Å². The summed E-state index contributed by atoms with van der Waals surface area (Å²) in [5.41, 5.74) is 5.32. The first kappa shape index (κ1) is 9.90. The summed E-state index contributed by atoms with van der Waals surface area (Å²) in [7, 11) is 1.80. The van der Waals surface area contributed by atoms with Crippen molar-refractivity contribution in [2.24, 2.45) is 7.05 Å². The average molecular weight is 271 g/mol. The average Bonchev–Trinajstić information content (AvgIpc) is 1.80. The molecule has 2 N–H and O–H groups in total. The Morgan fingerprint density at radius 1 is 1.70 bits per heavy atom. The molecule has 3 nitrogen and oxygen atoms in total. The van der Waals surface area contributed by atoms with Crippen molar-refractivity contribution in [3.8, 4) is 0 Å². The molecule has 1 aromatic heterocycles. The topological polar surface area (TPSA) is 42.8 Å². The van der Waals surface area contributed by atoms with Crippen LogP contribution < -0.4 is 34.3 Å². The zero-order chi connectivity index (χ0) is 6.85. The van der Waals surface area contributed by atoms with Crippen molar-refractivity contribution in [3.63, 3.8) is 0 Å². The van der Waals surface area contributed by atoms with E-state index >= 15 is 0 Å². The predicted molar refractivity (Wildman–Crippen MR) is 34.8 cm³/mol. The molecule has 1 rings (SSSR count). The minimum Gasteiger partial charge on any atom is -1.00 e. The van der Waals surface area contributed by atoms with Gasteiger partial charge in [0, 0.05) is 17.7 Å². The van der Waals surface area contributed by atoms with Crippen LogP contribution in [0.15, 0.2) is 12.3 Å². The Labute approximate surface area is 81.2 Å². The molecule has 0 fully saturated rings. The van der Waals surface area contributed by atoms with Crippen molar-refractivity contribution >= 4 is 17.4 Å². The number of aromatic nitrogens is 2. The van der Waals surface area contributed by atoms with E-state index in [1.165, 1.54) is 0 Å². The molecule has 0 unspecified atom stereocenters. The van der Waals surface area contributed by atoms with Gasteiger partial charge in [0.1, 0.15) is 0 Å². The number of anilines is 1. The number of hydrogen-bond acceptors (Lipinski definition) is 2. The maximum absolute atomic E-state index is 5.59. The first-order valence-corrected chi connectivity index (χ1v) is 2.85. The van der Waals surface area contributed by atoms with E-state index in [9.17, 15) is 0 Å². The third-order valence-electron chi connectivity index (χ3n) is 0.981. The molecule has 10 heavy (non-hydrogen) atoms. The van der Waals surface area contributed by atoms with Crippen LogP contribution in [0, 0.1) is 0 Å². The number of nitrogen functional groups attached to an aromatic ring is 1. The monoisotopic (exact) mass is 271 g/mol. The van der Waals surface area contributed by atoms with E-state index in [0.29, 0.717) is 11.1 Å². The molecule has 56 valence electrons. The molecule has 0 bridgehead atoms. The van der Waals surface area contributed by atoms with Crippen molar-refractivity contribution in [3.05, 3.63) is 17.5 Å². The van der Waals surface area contributed by atoms with Crippen LogP contribution in [0.4, 0.5) is 5.82 Å². The van der Waals surface area contributed by atoms with Gasteiger partial charge in [0.15, 0.2) is 0 Å². The van der Waals surface area contributed by atoms with Crippen LogP contribution >= 0.6 is 11.6 Å². The normalized spacial score (nSPS) is 8.60. The number of hydrogen-bond donors (Lipinski definition) is 1. The molecule has 1 heterocycles. The quantitative estimate of drug-likeness (QED) is 0.313. The molecule has 0 aromatic carbocycles. The van der Waals surface area contributed by atoms with Gasteiger partial charge in [-0.25, -0.2) is 4.57 Å². The second-order valence-corrected chi connectivity index (χ2v) is 2.07. The van der Waals surface area contributed by atoms with Crippen LogP contribution in [0.1, 0.15) is 0 Å². The molecule has 0 saturated carbocycles. The Morgan fingerprint density at radius 3 is 2.70 bits per heavy atom. The Bertz CT molecular complexity index is 228. The summed E-state index contributed by atoms with van der Waals surface area (Å²) in [6, 6.07) is 1.69. The maximum atomic E-state index is 5.59. The molecule has 0 aliphatic carbocycles. The SMILES string of the molecule is C[n+]1ccc(N)nc1Cl.[I-]. The first-order valence-electron chi connectivity index (χ1n) is 2.48. The molecule has 0 atom stereocenters. The highest BCUT2D eigenvalue weighted by Gasteiger charge is 2.03. The second-order valence-electron chi connectivity index (χ2n) is 1.73. The van der Waals surface area contributed by atoms with Crippen LogP contribution in [0.3, 0.4) is 0 Å². The largest absolute Gasteiger partial charge is 1.00 e. The van der Waals surface area contributed by atoms with E-state index in [-0.39, 0.29) is 24.0 Å². The van der Waals surface area contributed by atoms with E-state index in [0.717, 1.165) is 0 Å². The smallest absolute Gasteiger partial charge is 0.397 e. The zero-order valence-electron chi connectivity index (χ0n) is 5.38. The molecule has 0 aliphatic rings. The lowest BCUT2D eigenvalue weighted by atomic mass is 10.6. The van der Waals surface area contributed by atoms with Crippen LogP contribution in [0.5, 0.6) is 0 Å². The van der Waals surface area contributed by atoms with Gasteiger partial charge in [-0.15, -0.1) is 0 Å². The minimum absolute atomic E-state index is 0. The lowest BCUT2D eigenvalue weighted by Gasteiger charge is -1.87. The van der Waals surface area contributed by atoms with Crippen molar-refractivity contribution < 1.29 is 28.5 Å². The summed E-state index contributed by atoms with van der Waals surface area (Å²) in [5, 5.41) is 0.398. The molecule has 0 amide bonds. The number of nitrogens with zero attached hydrogens (tertiary/aromatic N) is 2. The maximum Gasteiger partial charge on any atom is 0.397 e. The molecule has 0 saturated heterocycles. The van der Waals surface area contributed by atoms with Gasteiger partial charge < -0.3 is 29.7 Å². The molecular formula is C5H7ClIN3. The van der Waals surface area contributed by atoms with E-state index in [2.05, 4.69) is 4.98 Å². The van der Waals surface area contributed by atoms with Crippen LogP contribution in [0.2, 0.25) is 5.28 Å². The number of rotatable bonds is 0. The van der Waals surface area contributed by atoms with E-state index in [4.69, 9.17) is 17.3 Å². The molecular weight excluding hydrogens is 264 g/mol. The van der Waals surface area contributed by atoms with Crippen LogP contribution in [0.25, 0.3) is 0 Å². The van der Waals surface area contributed by atoms with Gasteiger partial charge in [-0.2, -0.15) is 0 Å².